The van der Waals surface area contributed by atoms with Gasteiger partial charge in [-0.15, -0.1) is 0 Å². The Labute approximate surface area is 117 Å². The van der Waals surface area contributed by atoms with E-state index in [9.17, 15) is 0 Å². The highest BCUT2D eigenvalue weighted by Crippen LogP contribution is 2.35. The summed E-state index contributed by atoms with van der Waals surface area (Å²) >= 11 is 3.61. The zero-order valence-corrected chi connectivity index (χ0v) is 12.5. The van der Waals surface area contributed by atoms with Crippen molar-refractivity contribution in [1.29, 1.82) is 0 Å². The molecule has 4 nitrogen and oxygen atoms in total. The molecule has 0 amide bonds. The molecule has 3 heterocycles. The zero-order chi connectivity index (χ0) is 12.7. The summed E-state index contributed by atoms with van der Waals surface area (Å²) in [7, 11) is 0. The SMILES string of the molecule is CCN1CCC(c2nc(Br)c3n2C(N)CCC3)C1. The van der Waals surface area contributed by atoms with E-state index in [2.05, 4.69) is 32.3 Å². The topological polar surface area (TPSA) is 47.1 Å². The van der Waals surface area contributed by atoms with E-state index in [1.807, 2.05) is 0 Å². The van der Waals surface area contributed by atoms with Crippen LogP contribution in [0.1, 0.15) is 49.8 Å². The third kappa shape index (κ3) is 2.02. The normalized spacial score (nSPS) is 28.6. The second kappa shape index (κ2) is 4.94. The first-order valence-electron chi connectivity index (χ1n) is 6.95. The number of likely N-dealkylation sites (N-methyl/N-ethyl adjacent to an activating group) is 1. The quantitative estimate of drug-likeness (QED) is 0.911. The molecule has 0 bridgehead atoms. The predicted octanol–water partition coefficient (Wildman–Crippen LogP) is 2.25. The molecule has 0 aliphatic carbocycles. The summed E-state index contributed by atoms with van der Waals surface area (Å²) < 4.78 is 3.32. The van der Waals surface area contributed by atoms with E-state index in [0.29, 0.717) is 5.92 Å². The van der Waals surface area contributed by atoms with Gasteiger partial charge < -0.3 is 15.2 Å². The molecular weight excluding hydrogens is 292 g/mol. The fourth-order valence-corrected chi connectivity index (χ4v) is 3.85. The molecule has 0 saturated carbocycles. The summed E-state index contributed by atoms with van der Waals surface area (Å²) in [6.45, 7) is 5.69. The Balaban J connectivity index is 1.93. The van der Waals surface area contributed by atoms with Crippen molar-refractivity contribution in [3.05, 3.63) is 16.1 Å². The maximum Gasteiger partial charge on any atom is 0.127 e. The fourth-order valence-electron chi connectivity index (χ4n) is 3.28. The van der Waals surface area contributed by atoms with Crippen molar-refractivity contribution in [3.63, 3.8) is 0 Å². The van der Waals surface area contributed by atoms with E-state index in [1.54, 1.807) is 0 Å². The smallest absolute Gasteiger partial charge is 0.127 e. The average molecular weight is 313 g/mol. The van der Waals surface area contributed by atoms with Gasteiger partial charge in [0.25, 0.3) is 0 Å². The summed E-state index contributed by atoms with van der Waals surface area (Å²) in [5.41, 5.74) is 7.59. The van der Waals surface area contributed by atoms with Gasteiger partial charge in [0.2, 0.25) is 0 Å². The van der Waals surface area contributed by atoms with E-state index in [0.717, 1.165) is 30.5 Å². The Bertz CT molecular complexity index is 442. The monoisotopic (exact) mass is 312 g/mol. The summed E-state index contributed by atoms with van der Waals surface area (Å²) in [5, 5.41) is 0. The lowest BCUT2D eigenvalue weighted by atomic mass is 10.1. The van der Waals surface area contributed by atoms with Crippen molar-refractivity contribution in [3.8, 4) is 0 Å². The number of halogens is 1. The molecular formula is C13H21BrN4. The molecule has 0 radical (unpaired) electrons. The minimum Gasteiger partial charge on any atom is -0.315 e. The average Bonchev–Trinajstić information content (AvgIpc) is 2.95. The minimum atomic E-state index is 0.123. The van der Waals surface area contributed by atoms with Crippen LogP contribution in [-0.2, 0) is 6.42 Å². The summed E-state index contributed by atoms with van der Waals surface area (Å²) in [5.74, 6) is 1.76. The van der Waals surface area contributed by atoms with Crippen LogP contribution < -0.4 is 5.73 Å². The number of rotatable bonds is 2. The van der Waals surface area contributed by atoms with Crippen LogP contribution in [0.2, 0.25) is 0 Å². The van der Waals surface area contributed by atoms with E-state index in [4.69, 9.17) is 10.7 Å². The molecule has 5 heteroatoms. The standard InChI is InChI=1S/C13H21BrN4/c1-2-17-7-6-9(8-17)13-16-12(14)10-4-3-5-11(15)18(10)13/h9,11H,2-8,15H2,1H3. The third-order valence-corrected chi connectivity index (χ3v) is 4.95. The van der Waals surface area contributed by atoms with Crippen LogP contribution in [0.4, 0.5) is 0 Å². The van der Waals surface area contributed by atoms with Crippen molar-refractivity contribution in [2.45, 2.75) is 44.7 Å². The van der Waals surface area contributed by atoms with Gasteiger partial charge in [-0.3, -0.25) is 0 Å². The van der Waals surface area contributed by atoms with Gasteiger partial charge in [-0.2, -0.15) is 0 Å². The lowest BCUT2D eigenvalue weighted by Gasteiger charge is -2.25. The Morgan fingerprint density at radius 2 is 2.28 bits per heavy atom. The number of likely N-dealkylation sites (tertiary alicyclic amines) is 1. The Hall–Kier alpha value is -0.390. The first-order chi connectivity index (χ1) is 8.70. The summed E-state index contributed by atoms with van der Waals surface area (Å²) in [6.07, 6.45) is 4.69. The van der Waals surface area contributed by atoms with Gasteiger partial charge in [0.05, 0.1) is 11.9 Å². The molecule has 18 heavy (non-hydrogen) atoms. The maximum absolute atomic E-state index is 6.28. The minimum absolute atomic E-state index is 0.123. The lowest BCUT2D eigenvalue weighted by Crippen LogP contribution is -2.28. The summed E-state index contributed by atoms with van der Waals surface area (Å²) in [4.78, 5) is 7.26. The van der Waals surface area contributed by atoms with E-state index in [1.165, 1.54) is 30.9 Å². The molecule has 2 aliphatic heterocycles. The van der Waals surface area contributed by atoms with Crippen molar-refractivity contribution in [2.24, 2.45) is 5.73 Å². The van der Waals surface area contributed by atoms with Crippen LogP contribution in [0.25, 0.3) is 0 Å². The second-order valence-electron chi connectivity index (χ2n) is 5.42. The Morgan fingerprint density at radius 3 is 3.00 bits per heavy atom. The molecule has 1 aromatic heterocycles. The first kappa shape index (κ1) is 12.6. The molecule has 2 N–H and O–H groups in total. The van der Waals surface area contributed by atoms with Crippen LogP contribution in [0, 0.1) is 0 Å². The van der Waals surface area contributed by atoms with Crippen LogP contribution >= 0.6 is 15.9 Å². The van der Waals surface area contributed by atoms with Crippen LogP contribution in [0.3, 0.4) is 0 Å². The molecule has 1 fully saturated rings. The van der Waals surface area contributed by atoms with Gasteiger partial charge in [-0.1, -0.05) is 6.92 Å². The van der Waals surface area contributed by atoms with Crippen LogP contribution in [0.5, 0.6) is 0 Å². The van der Waals surface area contributed by atoms with Crippen LogP contribution in [-0.4, -0.2) is 34.1 Å². The Morgan fingerprint density at radius 1 is 1.44 bits per heavy atom. The number of imidazole rings is 1. The highest BCUT2D eigenvalue weighted by atomic mass is 79.9. The number of nitrogens with two attached hydrogens (primary N) is 1. The molecule has 1 aromatic rings. The van der Waals surface area contributed by atoms with Gasteiger partial charge in [0.15, 0.2) is 0 Å². The maximum atomic E-state index is 6.28. The molecule has 2 atom stereocenters. The van der Waals surface area contributed by atoms with E-state index in [-0.39, 0.29) is 6.17 Å². The van der Waals surface area contributed by atoms with Gasteiger partial charge in [0.1, 0.15) is 10.4 Å². The molecule has 1 saturated heterocycles. The molecule has 0 spiro atoms. The lowest BCUT2D eigenvalue weighted by molar-refractivity contribution is 0.346. The fraction of sp³-hybridized carbons (Fsp3) is 0.769. The number of nitrogens with zero attached hydrogens (tertiary/aromatic N) is 3. The third-order valence-electron chi connectivity index (χ3n) is 4.32. The van der Waals surface area contributed by atoms with Crippen molar-refractivity contribution in [2.75, 3.05) is 19.6 Å². The number of hydrogen-bond acceptors (Lipinski definition) is 3. The van der Waals surface area contributed by atoms with E-state index >= 15 is 0 Å². The number of hydrogen-bond donors (Lipinski definition) is 1. The molecule has 100 valence electrons. The highest BCUT2D eigenvalue weighted by molar-refractivity contribution is 9.10. The van der Waals surface area contributed by atoms with Gasteiger partial charge in [-0.05, 0) is 54.7 Å². The summed E-state index contributed by atoms with van der Waals surface area (Å²) in [6, 6.07) is 0. The largest absolute Gasteiger partial charge is 0.315 e. The Kier molecular flexibility index (Phi) is 3.47. The number of aromatic nitrogens is 2. The molecule has 3 rings (SSSR count). The molecule has 0 aromatic carbocycles. The van der Waals surface area contributed by atoms with Crippen molar-refractivity contribution < 1.29 is 0 Å². The molecule has 2 unspecified atom stereocenters. The van der Waals surface area contributed by atoms with Crippen LogP contribution in [0.15, 0.2) is 4.60 Å². The van der Waals surface area contributed by atoms with Crippen molar-refractivity contribution in [1.82, 2.24) is 14.5 Å². The molecule has 2 aliphatic rings. The van der Waals surface area contributed by atoms with Gasteiger partial charge in [0, 0.05) is 12.5 Å². The van der Waals surface area contributed by atoms with E-state index < -0.39 is 0 Å². The second-order valence-corrected chi connectivity index (χ2v) is 6.17. The first-order valence-corrected chi connectivity index (χ1v) is 7.74. The zero-order valence-electron chi connectivity index (χ0n) is 10.9. The number of fused-ring (bicyclic) bond motifs is 1. The predicted molar refractivity (Wildman–Crippen MR) is 75.6 cm³/mol. The highest BCUT2D eigenvalue weighted by Gasteiger charge is 2.31. The van der Waals surface area contributed by atoms with Gasteiger partial charge in [-0.25, -0.2) is 4.98 Å². The van der Waals surface area contributed by atoms with Gasteiger partial charge >= 0.3 is 0 Å². The van der Waals surface area contributed by atoms with Crippen molar-refractivity contribution >= 4 is 15.9 Å².